The van der Waals surface area contributed by atoms with E-state index >= 15 is 0 Å². The lowest BCUT2D eigenvalue weighted by molar-refractivity contribution is 0.0198. The van der Waals surface area contributed by atoms with Crippen LogP contribution in [0.4, 0.5) is 0 Å². The molecule has 2 aromatic carbocycles. The van der Waals surface area contributed by atoms with Crippen LogP contribution in [0, 0.1) is 12.8 Å². The largest absolute Gasteiger partial charge is 0.469 e. The van der Waals surface area contributed by atoms with Crippen LogP contribution in [0.3, 0.4) is 0 Å². The Morgan fingerprint density at radius 1 is 1.00 bits per heavy atom. The quantitative estimate of drug-likeness (QED) is 0.642. The minimum atomic E-state index is -3.98. The van der Waals surface area contributed by atoms with Gasteiger partial charge in [-0.25, -0.2) is 12.7 Å². The predicted molar refractivity (Wildman–Crippen MR) is 116 cm³/mol. The van der Waals surface area contributed by atoms with Crippen LogP contribution >= 0.6 is 0 Å². The van der Waals surface area contributed by atoms with Crippen molar-refractivity contribution in [3.63, 3.8) is 0 Å². The molecule has 0 unspecified atom stereocenters. The van der Waals surface area contributed by atoms with E-state index in [4.69, 9.17) is 4.42 Å². The van der Waals surface area contributed by atoms with E-state index in [1.54, 1.807) is 36.6 Å². The summed E-state index contributed by atoms with van der Waals surface area (Å²) in [5.74, 6) is 0.130. The van der Waals surface area contributed by atoms with Crippen molar-refractivity contribution in [3.05, 3.63) is 96.0 Å². The molecular formula is C24H25NO4S. The van der Waals surface area contributed by atoms with Crippen molar-refractivity contribution in [2.75, 3.05) is 0 Å². The normalized spacial score (nSPS) is 22.0. The van der Waals surface area contributed by atoms with E-state index in [2.05, 4.69) is 0 Å². The average Bonchev–Trinajstić information content (AvgIpc) is 3.28. The smallest absolute Gasteiger partial charge is 0.266 e. The zero-order valence-corrected chi connectivity index (χ0v) is 17.8. The lowest BCUT2D eigenvalue weighted by Gasteiger charge is -2.42. The van der Waals surface area contributed by atoms with Gasteiger partial charge in [0, 0.05) is 11.8 Å². The summed E-state index contributed by atoms with van der Waals surface area (Å²) in [4.78, 5) is 0.153. The number of allylic oxidation sites excluding steroid dienone is 1. The second-order valence-electron chi connectivity index (χ2n) is 7.56. The first kappa shape index (κ1) is 20.4. The highest BCUT2D eigenvalue weighted by atomic mass is 32.2. The van der Waals surface area contributed by atoms with Crippen molar-refractivity contribution >= 4 is 15.7 Å². The number of furan rings is 1. The first-order chi connectivity index (χ1) is 14.4. The molecule has 6 heteroatoms. The molecule has 0 fully saturated rings. The summed E-state index contributed by atoms with van der Waals surface area (Å²) in [5.41, 5.74) is 2.14. The van der Waals surface area contributed by atoms with Gasteiger partial charge in [0.05, 0.1) is 16.9 Å². The Morgan fingerprint density at radius 3 is 2.30 bits per heavy atom. The maximum absolute atomic E-state index is 13.6. The molecule has 0 radical (unpaired) electrons. The van der Waals surface area contributed by atoms with Gasteiger partial charge in [-0.1, -0.05) is 55.0 Å². The Balaban J connectivity index is 1.91. The highest BCUT2D eigenvalue weighted by molar-refractivity contribution is 7.89. The zero-order valence-electron chi connectivity index (χ0n) is 17.0. The highest BCUT2D eigenvalue weighted by Gasteiger charge is 2.44. The molecule has 0 amide bonds. The van der Waals surface area contributed by atoms with Gasteiger partial charge in [0.25, 0.3) is 10.0 Å². The van der Waals surface area contributed by atoms with E-state index in [0.717, 1.165) is 11.1 Å². The van der Waals surface area contributed by atoms with Crippen LogP contribution in [0.15, 0.2) is 88.4 Å². The molecule has 1 aliphatic rings. The standard InChI is InChI=1S/C24H25NO4S/c1-3-20-21(23-10-7-15-29-23)16-22(18-8-5-4-6-9-18)25(24(20)26)30(27,28)19-13-11-17(2)12-14-19/h4-16,20-21,24,26H,3H2,1-2H3/t20-,21+,24-/m1/s1. The van der Waals surface area contributed by atoms with Gasteiger partial charge in [0.15, 0.2) is 0 Å². The van der Waals surface area contributed by atoms with Gasteiger partial charge in [0.1, 0.15) is 12.0 Å². The van der Waals surface area contributed by atoms with Gasteiger partial charge in [-0.2, -0.15) is 0 Å². The van der Waals surface area contributed by atoms with Crippen molar-refractivity contribution in [2.45, 2.75) is 37.3 Å². The summed E-state index contributed by atoms with van der Waals surface area (Å²) in [6.07, 6.45) is 2.86. The number of hydrogen-bond donors (Lipinski definition) is 1. The number of nitrogens with zero attached hydrogens (tertiary/aromatic N) is 1. The summed E-state index contributed by atoms with van der Waals surface area (Å²) in [6, 6.07) is 19.6. The van der Waals surface area contributed by atoms with Crippen LogP contribution in [0.2, 0.25) is 0 Å². The molecule has 3 atom stereocenters. The van der Waals surface area contributed by atoms with Crippen LogP contribution in [0.5, 0.6) is 0 Å². The number of benzene rings is 2. The summed E-state index contributed by atoms with van der Waals surface area (Å²) < 4.78 is 34.1. The summed E-state index contributed by atoms with van der Waals surface area (Å²) in [7, 11) is -3.98. The topological polar surface area (TPSA) is 70.8 Å². The van der Waals surface area contributed by atoms with Crippen LogP contribution in [-0.2, 0) is 10.0 Å². The lowest BCUT2D eigenvalue weighted by atomic mass is 9.82. The second kappa shape index (κ2) is 8.13. The molecule has 4 rings (SSSR count). The molecule has 0 saturated heterocycles. The molecular weight excluding hydrogens is 398 g/mol. The second-order valence-corrected chi connectivity index (χ2v) is 9.37. The molecule has 5 nitrogen and oxygen atoms in total. The SMILES string of the molecule is CC[C@@H]1[C@@H](c2ccco2)C=C(c2ccccc2)N(S(=O)(=O)c2ccc(C)cc2)[C@@H]1O. The van der Waals surface area contributed by atoms with E-state index in [-0.39, 0.29) is 16.7 Å². The number of aliphatic hydroxyl groups is 1. The number of aliphatic hydroxyl groups excluding tert-OH is 1. The molecule has 1 N–H and O–H groups in total. The van der Waals surface area contributed by atoms with E-state index in [9.17, 15) is 13.5 Å². The van der Waals surface area contributed by atoms with E-state index < -0.39 is 16.3 Å². The van der Waals surface area contributed by atoms with Crippen molar-refractivity contribution < 1.29 is 17.9 Å². The Hall–Kier alpha value is -2.83. The van der Waals surface area contributed by atoms with Crippen molar-refractivity contribution in [1.29, 1.82) is 0 Å². The molecule has 156 valence electrons. The van der Waals surface area contributed by atoms with Gasteiger partial charge in [-0.05, 0) is 49.2 Å². The first-order valence-corrected chi connectivity index (χ1v) is 11.5. The Morgan fingerprint density at radius 2 is 1.70 bits per heavy atom. The Bertz CT molecular complexity index is 1120. The minimum Gasteiger partial charge on any atom is -0.469 e. The maximum atomic E-state index is 13.6. The number of hydrogen-bond acceptors (Lipinski definition) is 4. The molecule has 0 spiro atoms. The van der Waals surface area contributed by atoms with E-state index in [1.165, 1.54) is 4.31 Å². The van der Waals surface area contributed by atoms with Gasteiger partial charge >= 0.3 is 0 Å². The third kappa shape index (κ3) is 3.57. The van der Waals surface area contributed by atoms with Gasteiger partial charge in [-0.15, -0.1) is 0 Å². The third-order valence-electron chi connectivity index (χ3n) is 5.65. The molecule has 0 aliphatic carbocycles. The molecule has 1 aliphatic heterocycles. The van der Waals surface area contributed by atoms with Crippen LogP contribution in [0.25, 0.3) is 5.70 Å². The third-order valence-corrected chi connectivity index (χ3v) is 7.45. The predicted octanol–water partition coefficient (Wildman–Crippen LogP) is 4.76. The first-order valence-electron chi connectivity index (χ1n) is 10.0. The average molecular weight is 424 g/mol. The van der Waals surface area contributed by atoms with Gasteiger partial charge < -0.3 is 9.52 Å². The van der Waals surface area contributed by atoms with Crippen LogP contribution in [-0.4, -0.2) is 24.1 Å². The van der Waals surface area contributed by atoms with Crippen LogP contribution < -0.4 is 0 Å². The monoisotopic (exact) mass is 423 g/mol. The summed E-state index contributed by atoms with van der Waals surface area (Å²) >= 11 is 0. The van der Waals surface area contributed by atoms with E-state index in [1.807, 2.05) is 56.3 Å². The minimum absolute atomic E-state index is 0.153. The molecule has 0 bridgehead atoms. The number of aryl methyl sites for hydroxylation is 1. The molecule has 30 heavy (non-hydrogen) atoms. The lowest BCUT2D eigenvalue weighted by Crippen LogP contribution is -2.47. The number of sulfonamides is 1. The Kier molecular flexibility index (Phi) is 5.54. The van der Waals surface area contributed by atoms with Gasteiger partial charge in [0.2, 0.25) is 0 Å². The molecule has 2 heterocycles. The fourth-order valence-corrected chi connectivity index (χ4v) is 5.61. The number of rotatable bonds is 5. The maximum Gasteiger partial charge on any atom is 0.266 e. The van der Waals surface area contributed by atoms with Gasteiger partial charge in [-0.3, -0.25) is 0 Å². The summed E-state index contributed by atoms with van der Waals surface area (Å²) in [5, 5.41) is 11.3. The van der Waals surface area contributed by atoms with Crippen molar-refractivity contribution in [1.82, 2.24) is 4.31 Å². The zero-order chi connectivity index (χ0) is 21.3. The Labute approximate surface area is 177 Å². The molecule has 1 aromatic heterocycles. The summed E-state index contributed by atoms with van der Waals surface area (Å²) in [6.45, 7) is 3.85. The van der Waals surface area contributed by atoms with E-state index in [0.29, 0.717) is 17.9 Å². The van der Waals surface area contributed by atoms with Crippen LogP contribution in [0.1, 0.15) is 36.1 Å². The highest BCUT2D eigenvalue weighted by Crippen LogP contribution is 2.44. The van der Waals surface area contributed by atoms with Crippen molar-refractivity contribution in [3.8, 4) is 0 Å². The fourth-order valence-electron chi connectivity index (χ4n) is 4.04. The molecule has 3 aromatic rings. The van der Waals surface area contributed by atoms with Crippen molar-refractivity contribution in [2.24, 2.45) is 5.92 Å². The molecule has 0 saturated carbocycles. The fraction of sp³-hybridized carbons (Fsp3) is 0.250.